The number of benzene rings is 1. The summed E-state index contributed by atoms with van der Waals surface area (Å²) in [6.45, 7) is 4.80. The van der Waals surface area contributed by atoms with Crippen LogP contribution in [-0.2, 0) is 15.0 Å². The Morgan fingerprint density at radius 3 is 2.82 bits per heavy atom. The van der Waals surface area contributed by atoms with Gasteiger partial charge in [-0.25, -0.2) is 0 Å². The van der Waals surface area contributed by atoms with Crippen LogP contribution in [0.3, 0.4) is 0 Å². The van der Waals surface area contributed by atoms with Crippen molar-refractivity contribution in [3.8, 4) is 5.75 Å². The lowest BCUT2D eigenvalue weighted by molar-refractivity contribution is -0.125. The molecule has 22 heavy (non-hydrogen) atoms. The van der Waals surface area contributed by atoms with E-state index in [4.69, 9.17) is 10.5 Å². The smallest absolute Gasteiger partial charge is 0.237 e. The minimum Gasteiger partial charge on any atom is -0.497 e. The van der Waals surface area contributed by atoms with Crippen molar-refractivity contribution in [3.63, 3.8) is 0 Å². The second-order valence-electron chi connectivity index (χ2n) is 6.47. The standard InChI is InChI=1S/C16H21N3O3/c1-15(2)16(6-7-19(15)9-13(17)20)11-8-10(22-3)4-5-12(11)18-14(16)21/h4-5,8H,6-7,9H2,1-3H3,(H2,17,20)(H,18,21). The summed E-state index contributed by atoms with van der Waals surface area (Å²) < 4.78 is 5.31. The first kappa shape index (κ1) is 14.8. The lowest BCUT2D eigenvalue weighted by Crippen LogP contribution is -2.56. The summed E-state index contributed by atoms with van der Waals surface area (Å²) in [6, 6.07) is 5.62. The van der Waals surface area contributed by atoms with Gasteiger partial charge in [0.1, 0.15) is 5.75 Å². The lowest BCUT2D eigenvalue weighted by atomic mass is 9.68. The number of likely N-dealkylation sites (tertiary alicyclic amines) is 1. The van der Waals surface area contributed by atoms with Gasteiger partial charge in [-0.15, -0.1) is 0 Å². The van der Waals surface area contributed by atoms with Gasteiger partial charge in [-0.1, -0.05) is 0 Å². The predicted molar refractivity (Wildman–Crippen MR) is 82.8 cm³/mol. The van der Waals surface area contributed by atoms with Crippen molar-refractivity contribution in [1.82, 2.24) is 4.90 Å². The molecule has 6 nitrogen and oxygen atoms in total. The summed E-state index contributed by atoms with van der Waals surface area (Å²) in [5.74, 6) is 0.320. The van der Waals surface area contributed by atoms with E-state index in [1.807, 2.05) is 36.9 Å². The first-order valence-electron chi connectivity index (χ1n) is 7.36. The van der Waals surface area contributed by atoms with Crippen LogP contribution in [0.5, 0.6) is 5.75 Å². The highest BCUT2D eigenvalue weighted by atomic mass is 16.5. The van der Waals surface area contributed by atoms with Crippen LogP contribution >= 0.6 is 0 Å². The zero-order valence-electron chi connectivity index (χ0n) is 13.1. The molecule has 2 aliphatic rings. The molecule has 1 unspecified atom stereocenters. The van der Waals surface area contributed by atoms with Crippen LogP contribution in [0.1, 0.15) is 25.8 Å². The second-order valence-corrected chi connectivity index (χ2v) is 6.47. The van der Waals surface area contributed by atoms with Gasteiger partial charge in [0.15, 0.2) is 0 Å². The molecule has 0 bridgehead atoms. The molecule has 118 valence electrons. The third-order valence-electron chi connectivity index (χ3n) is 5.26. The van der Waals surface area contributed by atoms with E-state index < -0.39 is 11.0 Å². The quantitative estimate of drug-likeness (QED) is 0.867. The third kappa shape index (κ3) is 1.76. The van der Waals surface area contributed by atoms with Crippen LogP contribution in [0, 0.1) is 0 Å². The van der Waals surface area contributed by atoms with E-state index in [0.717, 1.165) is 17.0 Å². The van der Waals surface area contributed by atoms with E-state index in [2.05, 4.69) is 5.32 Å². The number of fused-ring (bicyclic) bond motifs is 2. The van der Waals surface area contributed by atoms with E-state index in [0.29, 0.717) is 13.0 Å². The second kappa shape index (κ2) is 4.71. The summed E-state index contributed by atoms with van der Waals surface area (Å²) in [6.07, 6.45) is 0.652. The van der Waals surface area contributed by atoms with E-state index in [9.17, 15) is 9.59 Å². The fraction of sp³-hybridized carbons (Fsp3) is 0.500. The molecule has 1 aromatic carbocycles. The molecular formula is C16H21N3O3. The minimum atomic E-state index is -0.688. The number of anilines is 1. The first-order chi connectivity index (χ1) is 10.3. The number of nitrogens with zero attached hydrogens (tertiary/aromatic N) is 1. The van der Waals surface area contributed by atoms with Crippen LogP contribution in [0.4, 0.5) is 5.69 Å². The molecule has 1 saturated heterocycles. The van der Waals surface area contributed by atoms with Crippen molar-refractivity contribution in [2.45, 2.75) is 31.2 Å². The molecule has 2 aliphatic heterocycles. The average molecular weight is 303 g/mol. The number of primary amides is 1. The van der Waals surface area contributed by atoms with Crippen molar-refractivity contribution >= 4 is 17.5 Å². The Hall–Kier alpha value is -2.08. The van der Waals surface area contributed by atoms with Crippen LogP contribution < -0.4 is 15.8 Å². The van der Waals surface area contributed by atoms with E-state index in [1.54, 1.807) is 7.11 Å². The molecule has 1 spiro atoms. The SMILES string of the molecule is COc1ccc2c(c1)C1(CCN(CC(N)=O)C1(C)C)C(=O)N2. The molecule has 0 aromatic heterocycles. The fourth-order valence-corrected chi connectivity index (χ4v) is 3.94. The molecule has 6 heteroatoms. The molecule has 0 radical (unpaired) electrons. The topological polar surface area (TPSA) is 84.7 Å². The average Bonchev–Trinajstić information content (AvgIpc) is 2.88. The highest BCUT2D eigenvalue weighted by Crippen LogP contribution is 2.54. The Morgan fingerprint density at radius 2 is 2.18 bits per heavy atom. The maximum Gasteiger partial charge on any atom is 0.237 e. The van der Waals surface area contributed by atoms with Gasteiger partial charge in [-0.2, -0.15) is 0 Å². The Morgan fingerprint density at radius 1 is 1.45 bits per heavy atom. The highest BCUT2D eigenvalue weighted by Gasteiger charge is 2.62. The van der Waals surface area contributed by atoms with E-state index in [-0.39, 0.29) is 18.4 Å². The molecule has 2 amide bonds. The lowest BCUT2D eigenvalue weighted by Gasteiger charge is -2.41. The number of methoxy groups -OCH3 is 1. The van der Waals surface area contributed by atoms with Crippen LogP contribution in [0.2, 0.25) is 0 Å². The van der Waals surface area contributed by atoms with Crippen molar-refractivity contribution in [3.05, 3.63) is 23.8 Å². The van der Waals surface area contributed by atoms with Gasteiger partial charge in [0.25, 0.3) is 0 Å². The zero-order chi connectivity index (χ0) is 16.1. The maximum absolute atomic E-state index is 12.8. The molecule has 3 N–H and O–H groups in total. The number of nitrogens with one attached hydrogen (secondary N) is 1. The number of nitrogens with two attached hydrogens (primary N) is 1. The van der Waals surface area contributed by atoms with Crippen molar-refractivity contribution in [2.24, 2.45) is 5.73 Å². The van der Waals surface area contributed by atoms with Crippen LogP contribution in [-0.4, -0.2) is 42.5 Å². The van der Waals surface area contributed by atoms with E-state index >= 15 is 0 Å². The number of ether oxygens (including phenoxy) is 1. The summed E-state index contributed by atoms with van der Waals surface area (Å²) in [5, 5.41) is 2.97. The van der Waals surface area contributed by atoms with Crippen LogP contribution in [0.15, 0.2) is 18.2 Å². The van der Waals surface area contributed by atoms with Crippen molar-refractivity contribution in [2.75, 3.05) is 25.5 Å². The number of hydrogen-bond acceptors (Lipinski definition) is 4. The van der Waals surface area contributed by atoms with Crippen molar-refractivity contribution in [1.29, 1.82) is 0 Å². The van der Waals surface area contributed by atoms with Gasteiger partial charge in [0.05, 0.1) is 19.1 Å². The molecule has 1 fully saturated rings. The fourth-order valence-electron chi connectivity index (χ4n) is 3.94. The number of amides is 2. The van der Waals surface area contributed by atoms with Gasteiger partial charge in [-0.05, 0) is 44.0 Å². The molecule has 3 rings (SSSR count). The Bertz CT molecular complexity index is 656. The molecule has 0 saturated carbocycles. The summed E-state index contributed by atoms with van der Waals surface area (Å²) >= 11 is 0. The summed E-state index contributed by atoms with van der Waals surface area (Å²) in [7, 11) is 1.61. The minimum absolute atomic E-state index is 0.0206. The summed E-state index contributed by atoms with van der Waals surface area (Å²) in [4.78, 5) is 26.1. The Labute approximate surface area is 129 Å². The summed E-state index contributed by atoms with van der Waals surface area (Å²) in [5.41, 5.74) is 5.91. The number of hydrogen-bond donors (Lipinski definition) is 2. The van der Waals surface area contributed by atoms with E-state index in [1.165, 1.54) is 0 Å². The van der Waals surface area contributed by atoms with Gasteiger partial charge >= 0.3 is 0 Å². The third-order valence-corrected chi connectivity index (χ3v) is 5.26. The van der Waals surface area contributed by atoms with Gasteiger partial charge < -0.3 is 15.8 Å². The van der Waals surface area contributed by atoms with Gasteiger partial charge in [0.2, 0.25) is 11.8 Å². The number of rotatable bonds is 3. The van der Waals surface area contributed by atoms with Gasteiger partial charge in [0, 0.05) is 17.8 Å². The maximum atomic E-state index is 12.8. The molecule has 2 heterocycles. The van der Waals surface area contributed by atoms with Gasteiger partial charge in [-0.3, -0.25) is 14.5 Å². The molecule has 0 aliphatic carbocycles. The predicted octanol–water partition coefficient (Wildman–Crippen LogP) is 0.855. The molecular weight excluding hydrogens is 282 g/mol. The normalized spacial score (nSPS) is 26.0. The Balaban J connectivity index is 2.11. The number of carbonyl (C=O) groups excluding carboxylic acids is 2. The molecule has 1 aromatic rings. The first-order valence-corrected chi connectivity index (χ1v) is 7.36. The Kier molecular flexibility index (Phi) is 3.18. The van der Waals surface area contributed by atoms with Crippen molar-refractivity contribution < 1.29 is 14.3 Å². The van der Waals surface area contributed by atoms with Crippen LogP contribution in [0.25, 0.3) is 0 Å². The highest BCUT2D eigenvalue weighted by molar-refractivity contribution is 6.08. The zero-order valence-corrected chi connectivity index (χ0v) is 13.1. The largest absolute Gasteiger partial charge is 0.497 e. The monoisotopic (exact) mass is 303 g/mol. The number of carbonyl (C=O) groups is 2. The molecule has 1 atom stereocenters.